The number of hydrogen-bond acceptors (Lipinski definition) is 6. The first-order chi connectivity index (χ1) is 9.20. The Morgan fingerprint density at radius 1 is 1.15 bits per heavy atom. The molecule has 0 radical (unpaired) electrons. The Balaban J connectivity index is 4.78. The molecule has 0 aromatic rings. The van der Waals surface area contributed by atoms with Gasteiger partial charge in [-0.15, -0.1) is 0 Å². The van der Waals surface area contributed by atoms with Crippen LogP contribution in [0.2, 0.25) is 0 Å². The van der Waals surface area contributed by atoms with Gasteiger partial charge in [0.05, 0.1) is 6.67 Å². The second kappa shape index (κ2) is 7.86. The maximum atomic E-state index is 11.4. The number of carboxylic acid groups (broad SMARTS) is 3. The second-order valence-corrected chi connectivity index (χ2v) is 3.68. The minimum Gasteiger partial charge on any atom is -0.480 e. The van der Waals surface area contributed by atoms with Gasteiger partial charge < -0.3 is 26.0 Å². The van der Waals surface area contributed by atoms with Crippen molar-refractivity contribution in [2.75, 3.05) is 13.2 Å². The highest BCUT2D eigenvalue weighted by molar-refractivity contribution is 5.97. The van der Waals surface area contributed by atoms with Gasteiger partial charge in [-0.05, 0) is 6.08 Å². The lowest BCUT2D eigenvalue weighted by atomic mass is 10.3. The van der Waals surface area contributed by atoms with Crippen LogP contribution in [0.1, 0.15) is 0 Å². The Morgan fingerprint density at radius 2 is 1.65 bits per heavy atom. The number of carbonyl (C=O) groups is 4. The van der Waals surface area contributed by atoms with E-state index >= 15 is 0 Å². The molecule has 0 aliphatic rings. The summed E-state index contributed by atoms with van der Waals surface area (Å²) in [5, 5.41) is 28.0. The summed E-state index contributed by atoms with van der Waals surface area (Å²) in [6.45, 7) is 2.25. The van der Waals surface area contributed by atoms with Crippen LogP contribution in [0.15, 0.2) is 12.7 Å². The normalized spacial score (nSPS) is 11.7. The first-order valence-corrected chi connectivity index (χ1v) is 5.29. The molecule has 10 nitrogen and oxygen atoms in total. The van der Waals surface area contributed by atoms with Gasteiger partial charge in [-0.1, -0.05) is 6.58 Å². The summed E-state index contributed by atoms with van der Waals surface area (Å²) in [5.41, 5.74) is 5.25. The van der Waals surface area contributed by atoms with Gasteiger partial charge in [-0.2, -0.15) is 0 Å². The molecule has 20 heavy (non-hydrogen) atoms. The van der Waals surface area contributed by atoms with Crippen LogP contribution in [-0.4, -0.2) is 69.3 Å². The van der Waals surface area contributed by atoms with Crippen molar-refractivity contribution in [1.82, 2.24) is 10.2 Å². The number of nitrogens with one attached hydrogen (secondary N) is 1. The monoisotopic (exact) mass is 289 g/mol. The van der Waals surface area contributed by atoms with Crippen molar-refractivity contribution >= 4 is 23.8 Å². The topological polar surface area (TPSA) is 170 Å². The molecule has 1 unspecified atom stereocenters. The predicted molar refractivity (Wildman–Crippen MR) is 64.6 cm³/mol. The molecule has 0 fully saturated rings. The Morgan fingerprint density at radius 3 is 2.00 bits per heavy atom. The van der Waals surface area contributed by atoms with Gasteiger partial charge in [0.2, 0.25) is 11.9 Å². The summed E-state index contributed by atoms with van der Waals surface area (Å²) in [7, 11) is 0. The largest absolute Gasteiger partial charge is 0.480 e. The van der Waals surface area contributed by atoms with Crippen LogP contribution in [0.25, 0.3) is 0 Å². The van der Waals surface area contributed by atoms with Crippen LogP contribution in [0, 0.1) is 0 Å². The van der Waals surface area contributed by atoms with Gasteiger partial charge in [0, 0.05) is 6.54 Å². The van der Waals surface area contributed by atoms with Crippen LogP contribution in [0.4, 0.5) is 0 Å². The molecule has 112 valence electrons. The Hall–Kier alpha value is -2.46. The van der Waals surface area contributed by atoms with Crippen molar-refractivity contribution in [2.24, 2.45) is 5.73 Å². The number of nitrogens with two attached hydrogens (primary N) is 1. The van der Waals surface area contributed by atoms with E-state index in [0.29, 0.717) is 0 Å². The first-order valence-electron chi connectivity index (χ1n) is 5.29. The maximum Gasteiger partial charge on any atom is 0.332 e. The molecule has 0 aliphatic carbocycles. The third-order valence-corrected chi connectivity index (χ3v) is 2.20. The van der Waals surface area contributed by atoms with E-state index in [0.717, 1.165) is 11.0 Å². The summed E-state index contributed by atoms with van der Waals surface area (Å²) >= 11 is 0. The van der Waals surface area contributed by atoms with E-state index in [2.05, 4.69) is 11.9 Å². The van der Waals surface area contributed by atoms with Gasteiger partial charge in [0.1, 0.15) is 6.04 Å². The van der Waals surface area contributed by atoms with Crippen molar-refractivity contribution in [1.29, 1.82) is 0 Å². The van der Waals surface area contributed by atoms with E-state index in [4.69, 9.17) is 21.1 Å². The van der Waals surface area contributed by atoms with E-state index in [1.54, 1.807) is 0 Å². The molecule has 0 bridgehead atoms. The zero-order chi connectivity index (χ0) is 15.9. The van der Waals surface area contributed by atoms with Gasteiger partial charge in [-0.3, -0.25) is 14.9 Å². The molecule has 1 atom stereocenters. The fraction of sp³-hybridized carbons (Fsp3) is 0.400. The maximum absolute atomic E-state index is 11.4. The third-order valence-electron chi connectivity index (χ3n) is 2.20. The molecule has 0 heterocycles. The summed E-state index contributed by atoms with van der Waals surface area (Å²) in [6.07, 6.45) is 0.868. The molecule has 10 heteroatoms. The third kappa shape index (κ3) is 5.46. The molecule has 0 aromatic carbocycles. The van der Waals surface area contributed by atoms with E-state index in [1.807, 2.05) is 0 Å². The van der Waals surface area contributed by atoms with Gasteiger partial charge in [0.25, 0.3) is 0 Å². The van der Waals surface area contributed by atoms with Gasteiger partial charge >= 0.3 is 17.9 Å². The molecule has 0 aromatic heterocycles. The number of aliphatic carboxylic acids is 3. The average Bonchev–Trinajstić information content (AvgIpc) is 2.35. The zero-order valence-electron chi connectivity index (χ0n) is 10.4. The quantitative estimate of drug-likeness (QED) is 0.175. The lowest BCUT2D eigenvalue weighted by Gasteiger charge is -2.24. The minimum atomic E-state index is -1.93. The summed E-state index contributed by atoms with van der Waals surface area (Å²) in [4.78, 5) is 44.2. The lowest BCUT2D eigenvalue weighted by molar-refractivity contribution is -0.152. The zero-order valence-corrected chi connectivity index (χ0v) is 10.4. The highest BCUT2D eigenvalue weighted by Crippen LogP contribution is 1.95. The Bertz CT molecular complexity index is 409. The fourth-order valence-corrected chi connectivity index (χ4v) is 1.16. The number of nitrogens with zero attached hydrogens (tertiary/aromatic N) is 1. The fourth-order valence-electron chi connectivity index (χ4n) is 1.16. The Labute approximate surface area is 113 Å². The van der Waals surface area contributed by atoms with Crippen LogP contribution in [0.3, 0.4) is 0 Å². The molecule has 0 saturated heterocycles. The van der Waals surface area contributed by atoms with Crippen molar-refractivity contribution in [2.45, 2.75) is 12.1 Å². The first kappa shape index (κ1) is 17.5. The van der Waals surface area contributed by atoms with Crippen molar-refractivity contribution < 1.29 is 34.5 Å². The van der Waals surface area contributed by atoms with Crippen LogP contribution in [0.5, 0.6) is 0 Å². The van der Waals surface area contributed by atoms with Crippen molar-refractivity contribution in [3.8, 4) is 0 Å². The smallest absolute Gasteiger partial charge is 0.332 e. The van der Waals surface area contributed by atoms with E-state index in [-0.39, 0.29) is 0 Å². The highest BCUT2D eigenvalue weighted by Gasteiger charge is 2.27. The lowest BCUT2D eigenvalue weighted by Crippen LogP contribution is -2.52. The molecule has 6 N–H and O–H groups in total. The summed E-state index contributed by atoms with van der Waals surface area (Å²) < 4.78 is 0. The van der Waals surface area contributed by atoms with Gasteiger partial charge in [0.15, 0.2) is 0 Å². The standard InChI is InChI=1S/C10H15N3O7/c1-2-6(14)13(3-5(11)8(15)16)4-12-7(9(17)18)10(19)20/h2,5,7,12H,1,3-4,11H2,(H,15,16)(H,17,18)(H,19,20). The molecular weight excluding hydrogens is 274 g/mol. The van der Waals surface area contributed by atoms with E-state index in [9.17, 15) is 19.2 Å². The molecule has 0 aliphatic heterocycles. The average molecular weight is 289 g/mol. The number of carboxylic acids is 3. The van der Waals surface area contributed by atoms with Crippen LogP contribution >= 0.6 is 0 Å². The number of hydrogen-bond donors (Lipinski definition) is 5. The SMILES string of the molecule is C=CC(=O)N(CNC(C(=O)O)C(=O)O)CC(N)C(=O)O. The summed E-state index contributed by atoms with van der Waals surface area (Å²) in [5.74, 6) is -5.37. The number of carbonyl (C=O) groups excluding carboxylic acids is 1. The van der Waals surface area contributed by atoms with Crippen LogP contribution < -0.4 is 11.1 Å². The molecule has 0 spiro atoms. The highest BCUT2D eigenvalue weighted by atomic mass is 16.4. The molecular formula is C10H15N3O7. The van der Waals surface area contributed by atoms with E-state index in [1.165, 1.54) is 0 Å². The molecule has 1 amide bonds. The minimum absolute atomic E-state index is 0.431. The molecule has 0 saturated carbocycles. The van der Waals surface area contributed by atoms with Gasteiger partial charge in [-0.25, -0.2) is 9.59 Å². The van der Waals surface area contributed by atoms with Crippen molar-refractivity contribution in [3.63, 3.8) is 0 Å². The molecule has 0 rings (SSSR count). The second-order valence-electron chi connectivity index (χ2n) is 3.68. The number of rotatable bonds is 9. The predicted octanol–water partition coefficient (Wildman–Crippen LogP) is -2.50. The van der Waals surface area contributed by atoms with E-state index < -0.39 is 49.1 Å². The van der Waals surface area contributed by atoms with Crippen molar-refractivity contribution in [3.05, 3.63) is 12.7 Å². The number of amides is 1. The Kier molecular flexibility index (Phi) is 6.89. The van der Waals surface area contributed by atoms with Crippen LogP contribution in [-0.2, 0) is 19.2 Å². The summed E-state index contributed by atoms with van der Waals surface area (Å²) in [6, 6.07) is -3.33.